The molecule has 0 atom stereocenters. The number of hydrogen-bond acceptors (Lipinski definition) is 3. The Morgan fingerprint density at radius 3 is 2.38 bits per heavy atom. The Balaban J connectivity index is 1.94. The number of sulfonamides is 1. The van der Waals surface area contributed by atoms with E-state index in [2.05, 4.69) is 23.8 Å². The third kappa shape index (κ3) is 2.63. The molecular weight excluding hydrogens is 290 g/mol. The average molecular weight is 309 g/mol. The highest BCUT2D eigenvalue weighted by atomic mass is 32.2. The average Bonchev–Trinajstić information content (AvgIpc) is 2.77. The quantitative estimate of drug-likeness (QED) is 0.884. The summed E-state index contributed by atoms with van der Waals surface area (Å²) in [5.41, 5.74) is 0.985. The smallest absolute Gasteiger partial charge is 0.306 e. The maximum Gasteiger partial charge on any atom is 0.323 e. The molecule has 7 heteroatoms. The Morgan fingerprint density at radius 2 is 1.71 bits per heavy atom. The van der Waals surface area contributed by atoms with E-state index in [0.717, 1.165) is 12.8 Å². The van der Waals surface area contributed by atoms with Crippen molar-refractivity contribution in [1.29, 1.82) is 0 Å². The summed E-state index contributed by atoms with van der Waals surface area (Å²) < 4.78 is 26.9. The van der Waals surface area contributed by atoms with E-state index in [-0.39, 0.29) is 16.0 Å². The second-order valence-electron chi connectivity index (χ2n) is 6.35. The Kier molecular flexibility index (Phi) is 3.22. The number of fused-ring (bicyclic) bond motifs is 1. The Bertz CT molecular complexity index is 823. The van der Waals surface area contributed by atoms with Gasteiger partial charge in [0.05, 0.1) is 15.9 Å². The van der Waals surface area contributed by atoms with Crippen LogP contribution in [0.2, 0.25) is 0 Å². The van der Waals surface area contributed by atoms with Gasteiger partial charge in [-0.1, -0.05) is 13.8 Å². The van der Waals surface area contributed by atoms with Gasteiger partial charge in [0, 0.05) is 13.1 Å². The molecule has 0 aliphatic carbocycles. The molecule has 0 amide bonds. The summed E-state index contributed by atoms with van der Waals surface area (Å²) in [4.78, 5) is 16.7. The summed E-state index contributed by atoms with van der Waals surface area (Å²) in [7, 11) is -3.50. The van der Waals surface area contributed by atoms with Crippen LogP contribution in [-0.4, -0.2) is 35.8 Å². The monoisotopic (exact) mass is 309 g/mol. The molecule has 1 saturated heterocycles. The van der Waals surface area contributed by atoms with E-state index < -0.39 is 10.0 Å². The molecule has 2 heterocycles. The molecule has 0 bridgehead atoms. The van der Waals surface area contributed by atoms with Gasteiger partial charge in [-0.15, -0.1) is 0 Å². The van der Waals surface area contributed by atoms with Gasteiger partial charge < -0.3 is 9.97 Å². The first-order valence-electron chi connectivity index (χ1n) is 7.00. The molecule has 1 fully saturated rings. The molecule has 2 N–H and O–H groups in total. The minimum Gasteiger partial charge on any atom is -0.306 e. The van der Waals surface area contributed by atoms with E-state index in [1.54, 1.807) is 12.1 Å². The number of hydrogen-bond donors (Lipinski definition) is 2. The fourth-order valence-electron chi connectivity index (χ4n) is 2.65. The van der Waals surface area contributed by atoms with Gasteiger partial charge in [-0.05, 0) is 36.5 Å². The van der Waals surface area contributed by atoms with Crippen molar-refractivity contribution in [3.8, 4) is 0 Å². The summed E-state index contributed by atoms with van der Waals surface area (Å²) in [5.74, 6) is 0. The molecule has 3 rings (SSSR count). The molecule has 0 unspecified atom stereocenters. The molecule has 0 spiro atoms. The zero-order valence-electron chi connectivity index (χ0n) is 12.1. The number of aromatic nitrogens is 2. The van der Waals surface area contributed by atoms with E-state index in [1.165, 1.54) is 10.4 Å². The van der Waals surface area contributed by atoms with Crippen LogP contribution in [0.5, 0.6) is 0 Å². The van der Waals surface area contributed by atoms with E-state index in [1.807, 2.05) is 0 Å². The molecule has 6 nitrogen and oxygen atoms in total. The third-order valence-electron chi connectivity index (χ3n) is 4.20. The molecule has 2 aromatic rings. The largest absolute Gasteiger partial charge is 0.323 e. The number of imidazole rings is 1. The number of benzene rings is 1. The van der Waals surface area contributed by atoms with Crippen LogP contribution in [0.15, 0.2) is 27.9 Å². The highest BCUT2D eigenvalue weighted by Crippen LogP contribution is 2.32. The SMILES string of the molecule is CC1(C)CCN(S(=O)(=O)c2ccc3[nH]c(=O)[nH]c3c2)CC1. The second-order valence-corrected chi connectivity index (χ2v) is 8.29. The van der Waals surface area contributed by atoms with E-state index in [0.29, 0.717) is 24.1 Å². The number of piperidine rings is 1. The van der Waals surface area contributed by atoms with Crippen LogP contribution in [0.1, 0.15) is 26.7 Å². The number of H-pyrrole nitrogens is 2. The lowest BCUT2D eigenvalue weighted by Gasteiger charge is -2.36. The Hall–Kier alpha value is -1.60. The van der Waals surface area contributed by atoms with Gasteiger partial charge in [-0.25, -0.2) is 13.2 Å². The molecule has 1 aromatic carbocycles. The number of nitrogens with zero attached hydrogens (tertiary/aromatic N) is 1. The summed E-state index contributed by atoms with van der Waals surface area (Å²) in [6, 6.07) is 4.68. The number of aromatic amines is 2. The van der Waals surface area contributed by atoms with Gasteiger partial charge in [-0.3, -0.25) is 0 Å². The topological polar surface area (TPSA) is 86.0 Å². The van der Waals surface area contributed by atoms with E-state index >= 15 is 0 Å². The van der Waals surface area contributed by atoms with Crippen molar-refractivity contribution >= 4 is 21.1 Å². The lowest BCUT2D eigenvalue weighted by molar-refractivity contribution is 0.196. The number of rotatable bonds is 2. The van der Waals surface area contributed by atoms with Crippen molar-refractivity contribution in [3.63, 3.8) is 0 Å². The van der Waals surface area contributed by atoms with Gasteiger partial charge in [0.25, 0.3) is 0 Å². The number of nitrogens with one attached hydrogen (secondary N) is 2. The molecule has 21 heavy (non-hydrogen) atoms. The lowest BCUT2D eigenvalue weighted by atomic mass is 9.83. The molecule has 1 aliphatic rings. The normalized spacial score (nSPS) is 19.9. The fraction of sp³-hybridized carbons (Fsp3) is 0.500. The summed E-state index contributed by atoms with van der Waals surface area (Å²) in [5, 5.41) is 0. The van der Waals surface area contributed by atoms with Crippen LogP contribution in [0.25, 0.3) is 11.0 Å². The maximum absolute atomic E-state index is 12.7. The predicted molar refractivity (Wildman–Crippen MR) is 80.7 cm³/mol. The predicted octanol–water partition coefficient (Wildman–Crippen LogP) is 1.67. The Labute approximate surface area is 123 Å². The molecule has 0 saturated carbocycles. The minimum atomic E-state index is -3.50. The van der Waals surface area contributed by atoms with Crippen molar-refractivity contribution in [2.24, 2.45) is 5.41 Å². The van der Waals surface area contributed by atoms with Crippen LogP contribution in [0, 0.1) is 5.41 Å². The minimum absolute atomic E-state index is 0.196. The fourth-order valence-corrected chi connectivity index (χ4v) is 4.12. The zero-order chi connectivity index (χ0) is 15.3. The van der Waals surface area contributed by atoms with Gasteiger partial charge >= 0.3 is 5.69 Å². The van der Waals surface area contributed by atoms with Gasteiger partial charge in [-0.2, -0.15) is 4.31 Å². The van der Waals surface area contributed by atoms with E-state index in [9.17, 15) is 13.2 Å². The molecule has 1 aromatic heterocycles. The molecule has 0 radical (unpaired) electrons. The van der Waals surface area contributed by atoms with Crippen molar-refractivity contribution in [2.45, 2.75) is 31.6 Å². The van der Waals surface area contributed by atoms with Gasteiger partial charge in [0.1, 0.15) is 0 Å². The summed E-state index contributed by atoms with van der Waals surface area (Å²) in [6.45, 7) is 5.40. The van der Waals surface area contributed by atoms with Crippen LogP contribution in [0.4, 0.5) is 0 Å². The third-order valence-corrected chi connectivity index (χ3v) is 6.10. The molecule has 1 aliphatic heterocycles. The Morgan fingerprint density at radius 1 is 1.10 bits per heavy atom. The first-order chi connectivity index (χ1) is 9.78. The molecular formula is C14H19N3O3S. The maximum atomic E-state index is 12.7. The standard InChI is InChI=1S/C14H19N3O3S/c1-14(2)5-7-17(8-6-14)21(19,20)10-3-4-11-12(9-10)16-13(18)15-11/h3-4,9H,5-8H2,1-2H3,(H2,15,16,18). The first kappa shape index (κ1) is 14.3. The van der Waals surface area contributed by atoms with Crippen molar-refractivity contribution in [1.82, 2.24) is 14.3 Å². The van der Waals surface area contributed by atoms with Gasteiger partial charge in [0.2, 0.25) is 10.0 Å². The lowest BCUT2D eigenvalue weighted by Crippen LogP contribution is -2.41. The highest BCUT2D eigenvalue weighted by molar-refractivity contribution is 7.89. The summed E-state index contributed by atoms with van der Waals surface area (Å²) in [6.07, 6.45) is 1.71. The van der Waals surface area contributed by atoms with Crippen LogP contribution in [0.3, 0.4) is 0 Å². The van der Waals surface area contributed by atoms with Crippen LogP contribution >= 0.6 is 0 Å². The highest BCUT2D eigenvalue weighted by Gasteiger charge is 2.32. The summed E-state index contributed by atoms with van der Waals surface area (Å²) >= 11 is 0. The van der Waals surface area contributed by atoms with Crippen LogP contribution < -0.4 is 5.69 Å². The second kappa shape index (κ2) is 4.71. The van der Waals surface area contributed by atoms with Crippen molar-refractivity contribution in [2.75, 3.05) is 13.1 Å². The van der Waals surface area contributed by atoms with E-state index in [4.69, 9.17) is 0 Å². The molecule has 114 valence electrons. The van der Waals surface area contributed by atoms with Crippen molar-refractivity contribution in [3.05, 3.63) is 28.7 Å². The van der Waals surface area contributed by atoms with Gasteiger partial charge in [0.15, 0.2) is 0 Å². The zero-order valence-corrected chi connectivity index (χ0v) is 13.0. The van der Waals surface area contributed by atoms with Crippen molar-refractivity contribution < 1.29 is 8.42 Å². The first-order valence-corrected chi connectivity index (χ1v) is 8.44. The van der Waals surface area contributed by atoms with Crippen LogP contribution in [-0.2, 0) is 10.0 Å².